The second-order valence-corrected chi connectivity index (χ2v) is 12.0. The number of thiophene rings is 1. The van der Waals surface area contributed by atoms with Crippen molar-refractivity contribution in [3.8, 4) is 11.1 Å². The number of nitrogens with one attached hydrogen (secondary N) is 2. The van der Waals surface area contributed by atoms with E-state index >= 15 is 0 Å². The van der Waals surface area contributed by atoms with Crippen molar-refractivity contribution in [2.24, 2.45) is 0 Å². The van der Waals surface area contributed by atoms with Crippen molar-refractivity contribution in [1.82, 2.24) is 0 Å². The summed E-state index contributed by atoms with van der Waals surface area (Å²) in [7, 11) is 0. The van der Waals surface area contributed by atoms with E-state index in [1.807, 2.05) is 49.6 Å². The largest absolute Gasteiger partial charge is 0.462 e. The number of carbonyl (C=O) groups excluding carboxylic acids is 3. The van der Waals surface area contributed by atoms with Crippen LogP contribution in [-0.2, 0) is 9.53 Å². The van der Waals surface area contributed by atoms with Crippen LogP contribution in [0.3, 0.4) is 0 Å². The van der Waals surface area contributed by atoms with Gasteiger partial charge in [-0.1, -0.05) is 66.0 Å². The number of hydrogen-bond donors (Lipinski definition) is 2. The number of halogens is 2. The smallest absolute Gasteiger partial charge is 0.341 e. The summed E-state index contributed by atoms with van der Waals surface area (Å²) in [6.45, 7) is 5.89. The number of aryl methyl sites for hydroxylation is 1. The molecule has 3 aromatic carbocycles. The zero-order valence-corrected chi connectivity index (χ0v) is 25.8. The van der Waals surface area contributed by atoms with Crippen LogP contribution in [-0.4, -0.2) is 29.6 Å². The van der Waals surface area contributed by atoms with Crippen molar-refractivity contribution >= 4 is 74.8 Å². The maximum Gasteiger partial charge on any atom is 0.341 e. The average Bonchev–Trinajstić information content (AvgIpc) is 3.35. The van der Waals surface area contributed by atoms with Crippen LogP contribution in [0.25, 0.3) is 11.1 Å². The molecule has 2 N–H and O–H groups in total. The van der Waals surface area contributed by atoms with E-state index in [0.29, 0.717) is 38.8 Å². The van der Waals surface area contributed by atoms with Gasteiger partial charge in [0.25, 0.3) is 5.91 Å². The Kier molecular flexibility index (Phi) is 10.5. The van der Waals surface area contributed by atoms with Gasteiger partial charge < -0.3 is 15.4 Å². The highest BCUT2D eigenvalue weighted by Crippen LogP contribution is 2.37. The second-order valence-electron chi connectivity index (χ2n) is 9.05. The fourth-order valence-electron chi connectivity index (χ4n) is 4.00. The Bertz CT molecular complexity index is 1570. The maximum absolute atomic E-state index is 13.4. The summed E-state index contributed by atoms with van der Waals surface area (Å²) in [6, 6.07) is 19.8. The number of carbonyl (C=O) groups is 3. The van der Waals surface area contributed by atoms with Gasteiger partial charge in [-0.25, -0.2) is 4.79 Å². The Balaban J connectivity index is 1.50. The van der Waals surface area contributed by atoms with Crippen LogP contribution >= 0.6 is 46.3 Å². The molecule has 1 atom stereocenters. The Morgan fingerprint density at radius 1 is 0.976 bits per heavy atom. The summed E-state index contributed by atoms with van der Waals surface area (Å²) >= 11 is 14.8. The summed E-state index contributed by atoms with van der Waals surface area (Å²) in [5, 5.41) is 8.36. The molecule has 1 unspecified atom stereocenters. The van der Waals surface area contributed by atoms with Crippen molar-refractivity contribution in [3.05, 3.63) is 98.8 Å². The van der Waals surface area contributed by atoms with E-state index < -0.39 is 11.2 Å². The number of ether oxygens (including phenoxy) is 1. The molecule has 0 aliphatic rings. The summed E-state index contributed by atoms with van der Waals surface area (Å²) < 4.78 is 5.33. The second kappa shape index (κ2) is 14.0. The highest BCUT2D eigenvalue weighted by Gasteiger charge is 2.26. The fourth-order valence-corrected chi connectivity index (χ4v) is 6.47. The first kappa shape index (κ1) is 30.7. The van der Waals surface area contributed by atoms with Gasteiger partial charge in [-0.15, -0.1) is 23.1 Å². The maximum atomic E-state index is 13.4. The van der Waals surface area contributed by atoms with Crippen LogP contribution in [0.5, 0.6) is 0 Å². The number of amides is 2. The molecule has 0 bridgehead atoms. The highest BCUT2D eigenvalue weighted by atomic mass is 35.5. The average molecular weight is 628 g/mol. The third kappa shape index (κ3) is 7.71. The predicted octanol–water partition coefficient (Wildman–Crippen LogP) is 8.97. The Morgan fingerprint density at radius 2 is 1.73 bits per heavy atom. The molecule has 0 aliphatic heterocycles. The fraction of sp³-hybridized carbons (Fsp3) is 0.194. The minimum absolute atomic E-state index is 0.222. The van der Waals surface area contributed by atoms with Crippen molar-refractivity contribution in [1.29, 1.82) is 0 Å². The quantitative estimate of drug-likeness (QED) is 0.135. The lowest BCUT2D eigenvalue weighted by Crippen LogP contribution is -2.25. The molecule has 1 aromatic heterocycles. The molecule has 4 rings (SSSR count). The molecule has 212 valence electrons. The number of hydrogen-bond acceptors (Lipinski definition) is 6. The monoisotopic (exact) mass is 626 g/mol. The van der Waals surface area contributed by atoms with Gasteiger partial charge in [0.05, 0.1) is 22.4 Å². The van der Waals surface area contributed by atoms with Gasteiger partial charge >= 0.3 is 5.97 Å². The highest BCUT2D eigenvalue weighted by molar-refractivity contribution is 8.00. The Labute approximate surface area is 257 Å². The summed E-state index contributed by atoms with van der Waals surface area (Å²) in [5.41, 5.74) is 3.91. The number of thioether (sulfide) groups is 1. The third-order valence-corrected chi connectivity index (χ3v) is 8.88. The molecule has 0 fully saturated rings. The Hall–Kier alpha value is -3.30. The van der Waals surface area contributed by atoms with Gasteiger partial charge in [0.2, 0.25) is 5.91 Å². The van der Waals surface area contributed by atoms with Crippen LogP contribution in [0.15, 0.2) is 77.0 Å². The Morgan fingerprint density at radius 3 is 2.41 bits per heavy atom. The van der Waals surface area contributed by atoms with Crippen molar-refractivity contribution in [3.63, 3.8) is 0 Å². The molecule has 1 heterocycles. The molecule has 41 heavy (non-hydrogen) atoms. The third-order valence-electron chi connectivity index (χ3n) is 6.08. The first-order valence-corrected chi connectivity index (χ1v) is 15.4. The van der Waals surface area contributed by atoms with Gasteiger partial charge in [0.1, 0.15) is 10.6 Å². The van der Waals surface area contributed by atoms with Gasteiger partial charge in [-0.2, -0.15) is 0 Å². The van der Waals surface area contributed by atoms with Crippen molar-refractivity contribution < 1.29 is 19.1 Å². The predicted molar refractivity (Wildman–Crippen MR) is 170 cm³/mol. The van der Waals surface area contributed by atoms with Gasteiger partial charge in [0.15, 0.2) is 0 Å². The van der Waals surface area contributed by atoms with Crippen LogP contribution < -0.4 is 10.6 Å². The number of benzene rings is 3. The van der Waals surface area contributed by atoms with E-state index in [1.165, 1.54) is 29.2 Å². The lowest BCUT2D eigenvalue weighted by atomic mass is 10.0. The topological polar surface area (TPSA) is 84.5 Å². The van der Waals surface area contributed by atoms with Crippen LogP contribution in [0.2, 0.25) is 10.0 Å². The van der Waals surface area contributed by atoms with E-state index in [4.69, 9.17) is 27.9 Å². The molecule has 0 saturated heterocycles. The van der Waals surface area contributed by atoms with E-state index in [1.54, 1.807) is 37.3 Å². The van der Waals surface area contributed by atoms with Crippen molar-refractivity contribution in [2.75, 3.05) is 17.2 Å². The number of esters is 1. The molecule has 6 nitrogen and oxygen atoms in total. The van der Waals surface area contributed by atoms with Gasteiger partial charge in [-0.05, 0) is 62.2 Å². The minimum Gasteiger partial charge on any atom is -0.462 e. The molecule has 0 saturated carbocycles. The lowest BCUT2D eigenvalue weighted by molar-refractivity contribution is -0.115. The molecule has 0 aliphatic carbocycles. The molecule has 2 amide bonds. The summed E-state index contributed by atoms with van der Waals surface area (Å²) in [4.78, 5) is 39.9. The molecule has 4 aromatic rings. The van der Waals surface area contributed by atoms with Gasteiger partial charge in [-0.3, -0.25) is 9.59 Å². The van der Waals surface area contributed by atoms with E-state index in [2.05, 4.69) is 10.6 Å². The van der Waals surface area contributed by atoms with Crippen LogP contribution in [0.4, 0.5) is 10.7 Å². The molecular formula is C31H28Cl2N2O4S2. The molecular weight excluding hydrogens is 599 g/mol. The normalized spacial score (nSPS) is 11.5. The standard InChI is InChI=1S/C31H28Cl2N2O4S2/c1-4-26(41-22-8-6-7-21(16-22)34-28(36)23-14-13-20(32)15-25(23)33)29(37)35-30-27(31(38)39-5-2)24(17-40-30)19-11-9-18(3)10-12-19/h6-17,26H,4-5H2,1-3H3,(H,34,36)(H,35,37). The molecule has 0 radical (unpaired) electrons. The van der Waals surface area contributed by atoms with E-state index in [9.17, 15) is 14.4 Å². The van der Waals surface area contributed by atoms with Crippen LogP contribution in [0, 0.1) is 6.92 Å². The van der Waals surface area contributed by atoms with Crippen LogP contribution in [0.1, 0.15) is 46.5 Å². The zero-order valence-electron chi connectivity index (χ0n) is 22.6. The van der Waals surface area contributed by atoms with E-state index in [-0.39, 0.29) is 23.4 Å². The lowest BCUT2D eigenvalue weighted by Gasteiger charge is -2.16. The summed E-state index contributed by atoms with van der Waals surface area (Å²) in [5.74, 6) is -1.08. The zero-order chi connectivity index (χ0) is 29.5. The number of anilines is 2. The summed E-state index contributed by atoms with van der Waals surface area (Å²) in [6.07, 6.45) is 0.540. The van der Waals surface area contributed by atoms with Crippen molar-refractivity contribution in [2.45, 2.75) is 37.3 Å². The minimum atomic E-state index is -0.482. The van der Waals surface area contributed by atoms with Gasteiger partial charge in [0, 0.05) is 26.5 Å². The first-order valence-electron chi connectivity index (χ1n) is 12.9. The molecule has 0 spiro atoms. The number of rotatable bonds is 10. The van der Waals surface area contributed by atoms with E-state index in [0.717, 1.165) is 16.0 Å². The SMILES string of the molecule is CCOC(=O)c1c(-c2ccc(C)cc2)csc1NC(=O)C(CC)Sc1cccc(NC(=O)c2ccc(Cl)cc2Cl)c1. The first-order chi connectivity index (χ1) is 19.7. The molecule has 10 heteroatoms.